The van der Waals surface area contributed by atoms with Crippen LogP contribution in [-0.2, 0) is 11.2 Å². The highest BCUT2D eigenvalue weighted by molar-refractivity contribution is 5.92. The van der Waals surface area contributed by atoms with Crippen LogP contribution in [0.4, 0.5) is 0 Å². The van der Waals surface area contributed by atoms with Gasteiger partial charge in [0, 0.05) is 19.5 Å². The molecule has 1 aliphatic heterocycles. The second-order valence-electron chi connectivity index (χ2n) is 4.86. The van der Waals surface area contributed by atoms with E-state index in [1.54, 1.807) is 11.8 Å². The van der Waals surface area contributed by atoms with Gasteiger partial charge in [0.25, 0.3) is 5.91 Å². The van der Waals surface area contributed by atoms with Crippen LogP contribution >= 0.6 is 0 Å². The van der Waals surface area contributed by atoms with Crippen LogP contribution in [0.15, 0.2) is 0 Å². The number of nitrogens with one attached hydrogen (secondary N) is 1. The van der Waals surface area contributed by atoms with E-state index in [2.05, 4.69) is 15.2 Å². The van der Waals surface area contributed by atoms with Gasteiger partial charge in [0.2, 0.25) is 11.7 Å². The Morgan fingerprint density at radius 3 is 2.78 bits per heavy atom. The van der Waals surface area contributed by atoms with Gasteiger partial charge in [0.05, 0.1) is 5.41 Å². The first kappa shape index (κ1) is 12.5. The summed E-state index contributed by atoms with van der Waals surface area (Å²) in [5, 5.41) is 6.58. The number of nitrogens with two attached hydrogens (primary N) is 1. The number of primary amides is 1. The Labute approximate surface area is 105 Å². The summed E-state index contributed by atoms with van der Waals surface area (Å²) in [6, 6.07) is 0. The Bertz CT molecular complexity index is 484. The van der Waals surface area contributed by atoms with Gasteiger partial charge in [0.15, 0.2) is 0 Å². The largest absolute Gasteiger partial charge is 0.369 e. The molecule has 2 heterocycles. The van der Waals surface area contributed by atoms with Crippen molar-refractivity contribution in [1.29, 1.82) is 0 Å². The van der Waals surface area contributed by atoms with E-state index in [9.17, 15) is 9.59 Å². The molecule has 1 atom stereocenters. The first-order valence-corrected chi connectivity index (χ1v) is 5.97. The predicted molar refractivity (Wildman–Crippen MR) is 63.6 cm³/mol. The van der Waals surface area contributed by atoms with E-state index in [1.165, 1.54) is 0 Å². The monoisotopic (exact) mass is 251 g/mol. The summed E-state index contributed by atoms with van der Waals surface area (Å²) >= 11 is 0. The summed E-state index contributed by atoms with van der Waals surface area (Å²) in [5.74, 6) is 0.203. The number of likely N-dealkylation sites (tertiary alicyclic amines) is 1. The van der Waals surface area contributed by atoms with Gasteiger partial charge in [-0.05, 0) is 13.3 Å². The van der Waals surface area contributed by atoms with Crippen LogP contribution < -0.4 is 5.73 Å². The van der Waals surface area contributed by atoms with Crippen molar-refractivity contribution in [2.45, 2.75) is 26.7 Å². The Balaban J connectivity index is 2.10. The Morgan fingerprint density at radius 1 is 1.56 bits per heavy atom. The highest BCUT2D eigenvalue weighted by atomic mass is 16.2. The second-order valence-corrected chi connectivity index (χ2v) is 4.86. The average Bonchev–Trinajstić information content (AvgIpc) is 2.95. The molecule has 1 aromatic rings. The smallest absolute Gasteiger partial charge is 0.293 e. The molecule has 3 N–H and O–H groups in total. The van der Waals surface area contributed by atoms with Gasteiger partial charge in [-0.1, -0.05) is 6.92 Å². The minimum atomic E-state index is -0.639. The lowest BCUT2D eigenvalue weighted by Crippen LogP contribution is -2.38. The molecule has 1 aliphatic rings. The van der Waals surface area contributed by atoms with Crippen molar-refractivity contribution in [1.82, 2.24) is 20.1 Å². The van der Waals surface area contributed by atoms with Crippen LogP contribution in [0, 0.1) is 5.41 Å². The van der Waals surface area contributed by atoms with Gasteiger partial charge in [-0.25, -0.2) is 4.98 Å². The molecule has 0 spiro atoms. The van der Waals surface area contributed by atoms with Crippen LogP contribution in [0.25, 0.3) is 0 Å². The molecule has 1 fully saturated rings. The fourth-order valence-corrected chi connectivity index (χ4v) is 2.03. The van der Waals surface area contributed by atoms with Gasteiger partial charge >= 0.3 is 0 Å². The van der Waals surface area contributed by atoms with E-state index in [1.807, 2.05) is 6.92 Å². The molecular formula is C11H17N5O2. The van der Waals surface area contributed by atoms with Gasteiger partial charge < -0.3 is 10.6 Å². The SMILES string of the molecule is CCc1nc(C(=O)N2CCC(C)(C(N)=O)C2)n[nH]1. The molecule has 18 heavy (non-hydrogen) atoms. The molecule has 1 unspecified atom stereocenters. The normalized spacial score (nSPS) is 23.3. The molecule has 0 aliphatic carbocycles. The molecule has 98 valence electrons. The molecule has 0 saturated carbocycles. The molecule has 2 rings (SSSR count). The predicted octanol–water partition coefficient (Wildman–Crippen LogP) is -0.295. The van der Waals surface area contributed by atoms with Gasteiger partial charge in [-0.2, -0.15) is 0 Å². The first-order valence-electron chi connectivity index (χ1n) is 5.97. The summed E-state index contributed by atoms with van der Waals surface area (Å²) in [4.78, 5) is 29.1. The van der Waals surface area contributed by atoms with Gasteiger partial charge in [-0.3, -0.25) is 14.7 Å². The number of aromatic nitrogens is 3. The number of nitrogens with zero attached hydrogens (tertiary/aromatic N) is 3. The van der Waals surface area contributed by atoms with Crippen molar-refractivity contribution in [3.05, 3.63) is 11.6 Å². The van der Waals surface area contributed by atoms with Crippen LogP contribution in [0.3, 0.4) is 0 Å². The fraction of sp³-hybridized carbons (Fsp3) is 0.636. The maximum Gasteiger partial charge on any atom is 0.293 e. The third-order valence-electron chi connectivity index (χ3n) is 3.41. The number of hydrogen-bond donors (Lipinski definition) is 2. The zero-order chi connectivity index (χ0) is 13.3. The number of H-pyrrole nitrogens is 1. The molecule has 1 saturated heterocycles. The average molecular weight is 251 g/mol. The summed E-state index contributed by atoms with van der Waals surface area (Å²) in [5.41, 5.74) is 4.71. The van der Waals surface area contributed by atoms with E-state index in [0.29, 0.717) is 31.8 Å². The lowest BCUT2D eigenvalue weighted by atomic mass is 9.89. The quantitative estimate of drug-likeness (QED) is 0.769. The van der Waals surface area contributed by atoms with Crippen molar-refractivity contribution in [3.63, 3.8) is 0 Å². The molecule has 7 heteroatoms. The third-order valence-corrected chi connectivity index (χ3v) is 3.41. The Kier molecular flexibility index (Phi) is 3.06. The van der Waals surface area contributed by atoms with E-state index in [4.69, 9.17) is 5.73 Å². The van der Waals surface area contributed by atoms with Crippen LogP contribution in [0.5, 0.6) is 0 Å². The highest BCUT2D eigenvalue weighted by Crippen LogP contribution is 2.29. The van der Waals surface area contributed by atoms with E-state index in [-0.39, 0.29) is 17.6 Å². The molecule has 2 amide bonds. The minimum Gasteiger partial charge on any atom is -0.369 e. The Morgan fingerprint density at radius 2 is 2.28 bits per heavy atom. The zero-order valence-corrected chi connectivity index (χ0v) is 10.6. The van der Waals surface area contributed by atoms with Crippen molar-refractivity contribution in [3.8, 4) is 0 Å². The second kappa shape index (κ2) is 4.40. The third kappa shape index (κ3) is 2.07. The lowest BCUT2D eigenvalue weighted by molar-refractivity contribution is -0.126. The molecule has 7 nitrogen and oxygen atoms in total. The number of carbonyl (C=O) groups excluding carboxylic acids is 2. The van der Waals surface area contributed by atoms with Crippen LogP contribution in [0.2, 0.25) is 0 Å². The first-order chi connectivity index (χ1) is 8.46. The number of carbonyl (C=O) groups is 2. The summed E-state index contributed by atoms with van der Waals surface area (Å²) in [6.07, 6.45) is 1.28. The number of rotatable bonds is 3. The van der Waals surface area contributed by atoms with Crippen LogP contribution in [-0.4, -0.2) is 45.0 Å². The van der Waals surface area contributed by atoms with E-state index < -0.39 is 5.41 Å². The topological polar surface area (TPSA) is 105 Å². The van der Waals surface area contributed by atoms with E-state index >= 15 is 0 Å². The molecule has 0 radical (unpaired) electrons. The van der Waals surface area contributed by atoms with Crippen LogP contribution in [0.1, 0.15) is 36.7 Å². The van der Waals surface area contributed by atoms with Gasteiger partial charge in [0.1, 0.15) is 5.82 Å². The van der Waals surface area contributed by atoms with E-state index in [0.717, 1.165) is 0 Å². The summed E-state index contributed by atoms with van der Waals surface area (Å²) in [6.45, 7) is 4.54. The maximum absolute atomic E-state index is 12.1. The molecule has 0 bridgehead atoms. The number of amides is 2. The number of hydrogen-bond acceptors (Lipinski definition) is 4. The molecule has 0 aromatic carbocycles. The number of aromatic amines is 1. The lowest BCUT2D eigenvalue weighted by Gasteiger charge is -2.20. The summed E-state index contributed by atoms with van der Waals surface area (Å²) in [7, 11) is 0. The Hall–Kier alpha value is -1.92. The van der Waals surface area contributed by atoms with Crippen molar-refractivity contribution in [2.24, 2.45) is 11.1 Å². The highest BCUT2D eigenvalue weighted by Gasteiger charge is 2.41. The van der Waals surface area contributed by atoms with Crippen molar-refractivity contribution < 1.29 is 9.59 Å². The molecular weight excluding hydrogens is 234 g/mol. The molecule has 1 aromatic heterocycles. The number of aryl methyl sites for hydroxylation is 1. The zero-order valence-electron chi connectivity index (χ0n) is 10.6. The fourth-order valence-electron chi connectivity index (χ4n) is 2.03. The van der Waals surface area contributed by atoms with Crippen molar-refractivity contribution in [2.75, 3.05) is 13.1 Å². The standard InChI is InChI=1S/C11H17N5O2/c1-3-7-13-8(15-14-7)9(17)16-5-4-11(2,6-16)10(12)18/h3-6H2,1-2H3,(H2,12,18)(H,13,14,15). The minimum absolute atomic E-state index is 0.153. The van der Waals surface area contributed by atoms with Gasteiger partial charge in [-0.15, -0.1) is 5.10 Å². The summed E-state index contributed by atoms with van der Waals surface area (Å²) < 4.78 is 0. The van der Waals surface area contributed by atoms with Crippen molar-refractivity contribution >= 4 is 11.8 Å². The maximum atomic E-state index is 12.1.